The maximum Gasteiger partial charge on any atom is 0.0721 e. The number of halogens is 1. The van der Waals surface area contributed by atoms with E-state index in [1.54, 1.807) is 0 Å². The minimum atomic E-state index is 0.370. The molecule has 1 saturated heterocycles. The third-order valence-corrected chi connectivity index (χ3v) is 2.90. The number of hydrogen-bond acceptors (Lipinski definition) is 2. The van der Waals surface area contributed by atoms with Crippen molar-refractivity contribution in [2.24, 2.45) is 0 Å². The number of hydrogen-bond donors (Lipinski definition) is 1. The Morgan fingerprint density at radius 3 is 2.80 bits per heavy atom. The molecule has 15 heavy (non-hydrogen) atoms. The van der Waals surface area contributed by atoms with E-state index in [2.05, 4.69) is 5.32 Å². The van der Waals surface area contributed by atoms with Crippen molar-refractivity contribution in [3.8, 4) is 0 Å². The fourth-order valence-electron chi connectivity index (χ4n) is 1.76. The minimum Gasteiger partial charge on any atom is -0.372 e. The molecule has 1 atom stereocenters. The predicted octanol–water partition coefficient (Wildman–Crippen LogP) is 2.61. The molecule has 0 radical (unpaired) electrons. The van der Waals surface area contributed by atoms with E-state index in [1.807, 2.05) is 24.3 Å². The lowest BCUT2D eigenvalue weighted by Crippen LogP contribution is -2.35. The Labute approximate surface area is 95.6 Å². The van der Waals surface area contributed by atoms with Gasteiger partial charge in [-0.05, 0) is 37.1 Å². The van der Waals surface area contributed by atoms with Gasteiger partial charge < -0.3 is 10.1 Å². The normalized spacial score (nSPS) is 21.5. The zero-order valence-corrected chi connectivity index (χ0v) is 9.46. The van der Waals surface area contributed by atoms with E-state index >= 15 is 0 Å². The minimum absolute atomic E-state index is 0.370. The van der Waals surface area contributed by atoms with Crippen LogP contribution in [0.5, 0.6) is 0 Å². The molecule has 0 aromatic heterocycles. The molecular formula is C12H16ClNO. The standard InChI is InChI=1S/C12H16ClNO/c13-11-5-3-10(4-6-11)9-15-12-2-1-7-14-8-12/h3-6,12,14H,1-2,7-9H2/t12-/m1/s1. The smallest absolute Gasteiger partial charge is 0.0721 e. The molecule has 0 saturated carbocycles. The Hall–Kier alpha value is -0.570. The van der Waals surface area contributed by atoms with Gasteiger partial charge in [0.1, 0.15) is 0 Å². The van der Waals surface area contributed by atoms with Crippen LogP contribution in [0.4, 0.5) is 0 Å². The molecule has 0 amide bonds. The van der Waals surface area contributed by atoms with E-state index in [-0.39, 0.29) is 0 Å². The number of ether oxygens (including phenoxy) is 1. The molecule has 82 valence electrons. The summed E-state index contributed by atoms with van der Waals surface area (Å²) in [5, 5.41) is 4.11. The first kappa shape index (κ1) is 10.9. The van der Waals surface area contributed by atoms with E-state index < -0.39 is 0 Å². The van der Waals surface area contributed by atoms with E-state index in [9.17, 15) is 0 Å². The maximum absolute atomic E-state index is 5.81. The van der Waals surface area contributed by atoms with Crippen molar-refractivity contribution in [3.05, 3.63) is 34.9 Å². The lowest BCUT2D eigenvalue weighted by molar-refractivity contribution is 0.0253. The van der Waals surface area contributed by atoms with Crippen molar-refractivity contribution in [1.82, 2.24) is 5.32 Å². The van der Waals surface area contributed by atoms with Gasteiger partial charge in [-0.25, -0.2) is 0 Å². The number of nitrogens with one attached hydrogen (secondary N) is 1. The van der Waals surface area contributed by atoms with Crippen molar-refractivity contribution in [1.29, 1.82) is 0 Å². The van der Waals surface area contributed by atoms with Crippen molar-refractivity contribution in [2.45, 2.75) is 25.6 Å². The Morgan fingerprint density at radius 1 is 1.33 bits per heavy atom. The Morgan fingerprint density at radius 2 is 2.13 bits per heavy atom. The van der Waals surface area contributed by atoms with Gasteiger partial charge in [-0.15, -0.1) is 0 Å². The first-order chi connectivity index (χ1) is 7.34. The molecule has 1 aromatic carbocycles. The predicted molar refractivity (Wildman–Crippen MR) is 62.1 cm³/mol. The van der Waals surface area contributed by atoms with Gasteiger partial charge in [-0.3, -0.25) is 0 Å². The quantitative estimate of drug-likeness (QED) is 0.854. The average Bonchev–Trinajstić information content (AvgIpc) is 2.30. The molecule has 0 aliphatic carbocycles. The maximum atomic E-state index is 5.81. The van der Waals surface area contributed by atoms with Gasteiger partial charge in [-0.1, -0.05) is 23.7 Å². The SMILES string of the molecule is Clc1ccc(CO[C@@H]2CCCNC2)cc1. The van der Waals surface area contributed by atoms with Crippen LogP contribution in [0, 0.1) is 0 Å². The molecule has 1 N–H and O–H groups in total. The molecule has 0 unspecified atom stereocenters. The molecule has 1 heterocycles. The van der Waals surface area contributed by atoms with Gasteiger partial charge in [-0.2, -0.15) is 0 Å². The van der Waals surface area contributed by atoms with Gasteiger partial charge in [0.05, 0.1) is 12.7 Å². The van der Waals surface area contributed by atoms with Crippen LogP contribution in [-0.4, -0.2) is 19.2 Å². The topological polar surface area (TPSA) is 21.3 Å². The van der Waals surface area contributed by atoms with E-state index in [0.717, 1.165) is 18.1 Å². The van der Waals surface area contributed by atoms with Gasteiger partial charge in [0, 0.05) is 11.6 Å². The molecule has 3 heteroatoms. The average molecular weight is 226 g/mol. The highest BCUT2D eigenvalue weighted by Crippen LogP contribution is 2.13. The van der Waals surface area contributed by atoms with Crippen molar-refractivity contribution in [2.75, 3.05) is 13.1 Å². The fraction of sp³-hybridized carbons (Fsp3) is 0.500. The van der Waals surface area contributed by atoms with Crippen molar-refractivity contribution < 1.29 is 4.74 Å². The summed E-state index contributed by atoms with van der Waals surface area (Å²) in [5.41, 5.74) is 1.19. The molecule has 1 aromatic rings. The summed E-state index contributed by atoms with van der Waals surface area (Å²) >= 11 is 5.81. The largest absolute Gasteiger partial charge is 0.372 e. The summed E-state index contributed by atoms with van der Waals surface area (Å²) in [6, 6.07) is 7.83. The highest BCUT2D eigenvalue weighted by Gasteiger charge is 2.12. The fourth-order valence-corrected chi connectivity index (χ4v) is 1.88. The van der Waals surface area contributed by atoms with Gasteiger partial charge in [0.15, 0.2) is 0 Å². The van der Waals surface area contributed by atoms with Crippen molar-refractivity contribution in [3.63, 3.8) is 0 Å². The molecular weight excluding hydrogens is 210 g/mol. The first-order valence-electron chi connectivity index (χ1n) is 5.41. The van der Waals surface area contributed by atoms with Gasteiger partial charge >= 0.3 is 0 Å². The van der Waals surface area contributed by atoms with Crippen LogP contribution in [0.3, 0.4) is 0 Å². The monoisotopic (exact) mass is 225 g/mol. The second-order valence-corrected chi connectivity index (χ2v) is 4.34. The molecule has 1 fully saturated rings. The van der Waals surface area contributed by atoms with Crippen LogP contribution in [0.15, 0.2) is 24.3 Å². The first-order valence-corrected chi connectivity index (χ1v) is 5.79. The Balaban J connectivity index is 1.79. The van der Waals surface area contributed by atoms with Crippen LogP contribution >= 0.6 is 11.6 Å². The van der Waals surface area contributed by atoms with E-state index in [4.69, 9.17) is 16.3 Å². The Bertz CT molecular complexity index is 293. The molecule has 1 aliphatic heterocycles. The molecule has 1 aliphatic rings. The summed E-state index contributed by atoms with van der Waals surface area (Å²) in [5.74, 6) is 0. The molecule has 0 bridgehead atoms. The van der Waals surface area contributed by atoms with Crippen LogP contribution in [0.2, 0.25) is 5.02 Å². The summed E-state index contributed by atoms with van der Waals surface area (Å²) in [6.45, 7) is 2.79. The van der Waals surface area contributed by atoms with Crippen LogP contribution in [-0.2, 0) is 11.3 Å². The van der Waals surface area contributed by atoms with Gasteiger partial charge in [0.25, 0.3) is 0 Å². The Kier molecular flexibility index (Phi) is 4.01. The van der Waals surface area contributed by atoms with E-state index in [0.29, 0.717) is 12.7 Å². The molecule has 2 rings (SSSR count). The lowest BCUT2D eigenvalue weighted by Gasteiger charge is -2.23. The van der Waals surface area contributed by atoms with Crippen LogP contribution < -0.4 is 5.32 Å². The highest BCUT2D eigenvalue weighted by molar-refractivity contribution is 6.30. The third-order valence-electron chi connectivity index (χ3n) is 2.65. The third kappa shape index (κ3) is 3.49. The zero-order valence-electron chi connectivity index (χ0n) is 8.71. The summed E-state index contributed by atoms with van der Waals surface area (Å²) in [6.07, 6.45) is 2.75. The van der Waals surface area contributed by atoms with Crippen LogP contribution in [0.25, 0.3) is 0 Å². The lowest BCUT2D eigenvalue weighted by atomic mass is 10.1. The summed E-state index contributed by atoms with van der Waals surface area (Å²) in [7, 11) is 0. The second kappa shape index (κ2) is 5.50. The number of benzene rings is 1. The van der Waals surface area contributed by atoms with Crippen molar-refractivity contribution >= 4 is 11.6 Å². The van der Waals surface area contributed by atoms with E-state index in [1.165, 1.54) is 18.4 Å². The second-order valence-electron chi connectivity index (χ2n) is 3.91. The summed E-state index contributed by atoms with van der Waals surface area (Å²) in [4.78, 5) is 0. The number of piperidine rings is 1. The molecule has 2 nitrogen and oxygen atoms in total. The number of rotatable bonds is 3. The highest BCUT2D eigenvalue weighted by atomic mass is 35.5. The summed E-state index contributed by atoms with van der Waals surface area (Å²) < 4.78 is 5.80. The zero-order chi connectivity index (χ0) is 10.5. The van der Waals surface area contributed by atoms with Gasteiger partial charge in [0.2, 0.25) is 0 Å². The molecule has 0 spiro atoms. The van der Waals surface area contributed by atoms with Crippen LogP contribution in [0.1, 0.15) is 18.4 Å².